The summed E-state index contributed by atoms with van der Waals surface area (Å²) in [6.45, 7) is 0.600. The van der Waals surface area contributed by atoms with Gasteiger partial charge in [0.15, 0.2) is 4.96 Å². The van der Waals surface area contributed by atoms with Crippen molar-refractivity contribution in [3.63, 3.8) is 0 Å². The van der Waals surface area contributed by atoms with E-state index >= 15 is 0 Å². The van der Waals surface area contributed by atoms with Crippen molar-refractivity contribution in [2.75, 3.05) is 6.54 Å². The molecule has 2 N–H and O–H groups in total. The highest BCUT2D eigenvalue weighted by molar-refractivity contribution is 7.99. The van der Waals surface area contributed by atoms with Crippen LogP contribution in [0.15, 0.2) is 38.7 Å². The van der Waals surface area contributed by atoms with E-state index in [0.29, 0.717) is 11.8 Å². The lowest BCUT2D eigenvalue weighted by Crippen LogP contribution is -2.05. The van der Waals surface area contributed by atoms with Gasteiger partial charge >= 0.3 is 0 Å². The molecule has 0 aliphatic rings. The van der Waals surface area contributed by atoms with E-state index in [1.807, 2.05) is 11.6 Å². The molecular formula is C10H10N4OS2. The number of aromatic nitrogens is 3. The van der Waals surface area contributed by atoms with Crippen LogP contribution in [0.5, 0.6) is 0 Å². The third-order valence-electron chi connectivity index (χ3n) is 2.30. The van der Waals surface area contributed by atoms with E-state index in [2.05, 4.69) is 14.4 Å². The number of hydrogen-bond acceptors (Lipinski definition) is 6. The number of imidazole rings is 1. The first kappa shape index (κ1) is 10.8. The minimum absolute atomic E-state index is 0.600. The van der Waals surface area contributed by atoms with Gasteiger partial charge in [0.25, 0.3) is 5.22 Å². The van der Waals surface area contributed by atoms with Crippen LogP contribution in [0.2, 0.25) is 0 Å². The molecule has 0 saturated heterocycles. The molecule has 88 valence electrons. The molecule has 0 saturated carbocycles. The normalized spacial score (nSPS) is 11.4. The topological polar surface area (TPSA) is 69.3 Å². The Balaban J connectivity index is 2.02. The maximum absolute atomic E-state index is 5.64. The summed E-state index contributed by atoms with van der Waals surface area (Å²) in [5.41, 5.74) is 6.75. The predicted molar refractivity (Wildman–Crippen MR) is 66.5 cm³/mol. The zero-order valence-electron chi connectivity index (χ0n) is 8.87. The van der Waals surface area contributed by atoms with E-state index in [-0.39, 0.29) is 0 Å². The zero-order valence-corrected chi connectivity index (χ0v) is 10.5. The highest BCUT2D eigenvalue weighted by Crippen LogP contribution is 2.30. The summed E-state index contributed by atoms with van der Waals surface area (Å²) in [6.07, 6.45) is 5.99. The van der Waals surface area contributed by atoms with E-state index in [9.17, 15) is 0 Å². The minimum atomic E-state index is 0.600. The molecule has 3 aromatic rings. The van der Waals surface area contributed by atoms with E-state index in [4.69, 9.17) is 10.2 Å². The molecule has 0 radical (unpaired) electrons. The fourth-order valence-electron chi connectivity index (χ4n) is 1.60. The average Bonchev–Trinajstić information content (AvgIpc) is 2.99. The van der Waals surface area contributed by atoms with Crippen molar-refractivity contribution in [1.82, 2.24) is 14.4 Å². The van der Waals surface area contributed by atoms with Crippen LogP contribution >= 0.6 is 23.1 Å². The van der Waals surface area contributed by atoms with Crippen LogP contribution in [-0.4, -0.2) is 20.9 Å². The quantitative estimate of drug-likeness (QED) is 0.782. The first-order valence-corrected chi connectivity index (χ1v) is 6.80. The molecule has 0 unspecified atom stereocenters. The first-order chi connectivity index (χ1) is 8.38. The molecule has 0 fully saturated rings. The second kappa shape index (κ2) is 4.52. The lowest BCUT2D eigenvalue weighted by molar-refractivity contribution is 0.454. The van der Waals surface area contributed by atoms with Gasteiger partial charge in [-0.05, 0) is 18.3 Å². The largest absolute Gasteiger partial charge is 0.440 e. The molecule has 0 bridgehead atoms. The maximum Gasteiger partial charge on any atom is 0.262 e. The fourth-order valence-corrected chi connectivity index (χ4v) is 3.23. The van der Waals surface area contributed by atoms with Crippen molar-refractivity contribution in [3.8, 4) is 0 Å². The van der Waals surface area contributed by atoms with Gasteiger partial charge in [-0.1, -0.05) is 0 Å². The smallest absolute Gasteiger partial charge is 0.262 e. The Hall–Kier alpha value is -1.31. The molecule has 7 heteroatoms. The van der Waals surface area contributed by atoms with Gasteiger partial charge in [0.05, 0.1) is 11.9 Å². The van der Waals surface area contributed by atoms with Crippen molar-refractivity contribution in [2.45, 2.75) is 16.7 Å². The second-order valence-electron chi connectivity index (χ2n) is 3.36. The Morgan fingerprint density at radius 3 is 3.24 bits per heavy atom. The molecular weight excluding hydrogens is 256 g/mol. The Kier molecular flexibility index (Phi) is 2.87. The van der Waals surface area contributed by atoms with E-state index < -0.39 is 0 Å². The summed E-state index contributed by atoms with van der Waals surface area (Å²) in [4.78, 5) is 9.62. The van der Waals surface area contributed by atoms with Crippen LogP contribution in [0, 0.1) is 0 Å². The molecule has 0 aliphatic carbocycles. The van der Waals surface area contributed by atoms with Gasteiger partial charge in [-0.2, -0.15) is 0 Å². The number of rotatable bonds is 4. The molecule has 3 aromatic heterocycles. The minimum Gasteiger partial charge on any atom is -0.440 e. The van der Waals surface area contributed by atoms with Gasteiger partial charge in [-0.3, -0.25) is 4.40 Å². The third-order valence-corrected chi connectivity index (χ3v) is 3.95. The monoisotopic (exact) mass is 266 g/mol. The predicted octanol–water partition coefficient (Wildman–Crippen LogP) is 2.04. The van der Waals surface area contributed by atoms with E-state index in [0.717, 1.165) is 22.1 Å². The molecule has 3 rings (SSSR count). The number of nitrogens with two attached hydrogens (primary N) is 1. The zero-order chi connectivity index (χ0) is 11.7. The number of nitrogens with zero attached hydrogens (tertiary/aromatic N) is 3. The van der Waals surface area contributed by atoms with Crippen LogP contribution in [0.3, 0.4) is 0 Å². The summed E-state index contributed by atoms with van der Waals surface area (Å²) < 4.78 is 7.29. The van der Waals surface area contributed by atoms with Gasteiger partial charge in [-0.15, -0.1) is 11.3 Å². The van der Waals surface area contributed by atoms with Crippen molar-refractivity contribution in [1.29, 1.82) is 0 Å². The highest BCUT2D eigenvalue weighted by Gasteiger charge is 2.15. The summed E-state index contributed by atoms with van der Waals surface area (Å²) in [5, 5.41) is 3.54. The Morgan fingerprint density at radius 2 is 2.47 bits per heavy atom. The van der Waals surface area contributed by atoms with Crippen LogP contribution in [0.4, 0.5) is 0 Å². The fraction of sp³-hybridized carbons (Fsp3) is 0.200. The molecule has 0 atom stereocenters. The maximum atomic E-state index is 5.64. The average molecular weight is 266 g/mol. The number of fused-ring (bicyclic) bond motifs is 1. The molecule has 17 heavy (non-hydrogen) atoms. The molecule has 0 amide bonds. The summed E-state index contributed by atoms with van der Waals surface area (Å²) in [7, 11) is 0. The highest BCUT2D eigenvalue weighted by atomic mass is 32.2. The van der Waals surface area contributed by atoms with Gasteiger partial charge in [0.2, 0.25) is 0 Å². The summed E-state index contributed by atoms with van der Waals surface area (Å²) in [5.74, 6) is 0. The van der Waals surface area contributed by atoms with Crippen molar-refractivity contribution in [3.05, 3.63) is 29.7 Å². The number of thiazole rings is 1. The summed E-state index contributed by atoms with van der Waals surface area (Å²) >= 11 is 3.04. The van der Waals surface area contributed by atoms with E-state index in [1.165, 1.54) is 11.8 Å². The van der Waals surface area contributed by atoms with Gasteiger partial charge in [0, 0.05) is 18.0 Å². The Morgan fingerprint density at radius 1 is 1.53 bits per heavy atom. The number of oxazole rings is 1. The first-order valence-electron chi connectivity index (χ1n) is 5.10. The van der Waals surface area contributed by atoms with Gasteiger partial charge in [0.1, 0.15) is 11.3 Å². The van der Waals surface area contributed by atoms with Crippen molar-refractivity contribution >= 4 is 28.1 Å². The molecule has 0 spiro atoms. The number of hydrogen-bond donors (Lipinski definition) is 1. The van der Waals surface area contributed by atoms with Crippen LogP contribution in [-0.2, 0) is 6.42 Å². The van der Waals surface area contributed by atoms with Crippen molar-refractivity contribution < 1.29 is 4.42 Å². The summed E-state index contributed by atoms with van der Waals surface area (Å²) in [6, 6.07) is 0. The van der Waals surface area contributed by atoms with Gasteiger partial charge < -0.3 is 10.2 Å². The van der Waals surface area contributed by atoms with Crippen LogP contribution in [0.25, 0.3) is 4.96 Å². The lowest BCUT2D eigenvalue weighted by atomic mass is 10.3. The molecule has 0 aliphatic heterocycles. The lowest BCUT2D eigenvalue weighted by Gasteiger charge is -1.99. The van der Waals surface area contributed by atoms with Crippen LogP contribution in [0.1, 0.15) is 5.69 Å². The second-order valence-corrected chi connectivity index (χ2v) is 5.17. The molecule has 5 nitrogen and oxygen atoms in total. The molecule has 3 heterocycles. The Bertz CT molecular complexity index is 613. The Labute approximate surface area is 106 Å². The third kappa shape index (κ3) is 1.97. The SMILES string of the molecule is NCCc1c(Sc2ncco2)nc2sccn12. The van der Waals surface area contributed by atoms with Crippen LogP contribution < -0.4 is 5.73 Å². The molecule has 0 aromatic carbocycles. The van der Waals surface area contributed by atoms with Crippen molar-refractivity contribution in [2.24, 2.45) is 5.73 Å². The van der Waals surface area contributed by atoms with Gasteiger partial charge in [-0.25, -0.2) is 9.97 Å². The standard InChI is InChI=1S/C10H10N4OS2/c11-2-1-7-8(17-10-12-3-5-15-10)13-9-14(7)4-6-16-9/h3-6H,1-2,11H2. The van der Waals surface area contributed by atoms with E-state index in [1.54, 1.807) is 23.8 Å².